The Kier molecular flexibility index (Phi) is 3.41. The van der Waals surface area contributed by atoms with Crippen LogP contribution in [0, 0.1) is 20.8 Å². The Morgan fingerprint density at radius 2 is 2.32 bits per heavy atom. The van der Waals surface area contributed by atoms with Crippen molar-refractivity contribution in [3.8, 4) is 6.07 Å². The van der Waals surface area contributed by atoms with Gasteiger partial charge in [0, 0.05) is 12.0 Å². The zero-order valence-corrected chi connectivity index (χ0v) is 12.2. The second-order valence-corrected chi connectivity index (χ2v) is 5.54. The summed E-state index contributed by atoms with van der Waals surface area (Å²) in [5, 5.41) is 13.9. The molecule has 0 bridgehead atoms. The molecule has 19 heavy (non-hydrogen) atoms. The van der Waals surface area contributed by atoms with Crippen molar-refractivity contribution >= 4 is 33.5 Å². The van der Waals surface area contributed by atoms with Crippen molar-refractivity contribution in [2.45, 2.75) is 25.5 Å². The first-order valence-corrected chi connectivity index (χ1v) is 7.17. The second-order valence-electron chi connectivity index (χ2n) is 4.52. The predicted octanol–water partition coefficient (Wildman–Crippen LogP) is 3.35. The highest BCUT2D eigenvalue weighted by atomic mass is 127. The van der Waals surface area contributed by atoms with E-state index in [-0.39, 0.29) is 6.23 Å². The number of nitriles is 1. The van der Waals surface area contributed by atoms with Crippen LogP contribution in [-0.2, 0) is 4.74 Å². The minimum Gasteiger partial charge on any atom is -0.356 e. The van der Waals surface area contributed by atoms with E-state index in [2.05, 4.69) is 27.7 Å². The van der Waals surface area contributed by atoms with E-state index in [9.17, 15) is 4.39 Å². The summed E-state index contributed by atoms with van der Waals surface area (Å²) in [6.45, 7) is 0.681. The highest BCUT2D eigenvalue weighted by Crippen LogP contribution is 2.30. The quantitative estimate of drug-likeness (QED) is 0.723. The lowest BCUT2D eigenvalue weighted by Crippen LogP contribution is -2.19. The van der Waals surface area contributed by atoms with Gasteiger partial charge in [-0.1, -0.05) is 0 Å². The highest BCUT2D eigenvalue weighted by Gasteiger charge is 2.22. The number of rotatable bonds is 1. The normalized spacial score (nSPS) is 19.5. The van der Waals surface area contributed by atoms with Gasteiger partial charge in [0.25, 0.3) is 0 Å². The Balaban J connectivity index is 2.18. The van der Waals surface area contributed by atoms with Gasteiger partial charge < -0.3 is 4.74 Å². The largest absolute Gasteiger partial charge is 0.356 e. The summed E-state index contributed by atoms with van der Waals surface area (Å²) < 4.78 is 22.2. The van der Waals surface area contributed by atoms with Crippen LogP contribution in [0.3, 0.4) is 0 Å². The number of aromatic nitrogens is 2. The molecule has 0 N–H and O–H groups in total. The fourth-order valence-corrected chi connectivity index (χ4v) is 3.02. The number of ether oxygens (including phenoxy) is 1. The number of nitrogens with zero attached hydrogens (tertiary/aromatic N) is 3. The lowest BCUT2D eigenvalue weighted by molar-refractivity contribution is -0.0371. The van der Waals surface area contributed by atoms with E-state index < -0.39 is 5.82 Å². The van der Waals surface area contributed by atoms with E-state index in [1.807, 2.05) is 6.07 Å². The monoisotopic (exact) mass is 371 g/mol. The van der Waals surface area contributed by atoms with E-state index in [1.54, 1.807) is 10.7 Å². The maximum absolute atomic E-state index is 14.2. The van der Waals surface area contributed by atoms with E-state index in [1.165, 1.54) is 6.07 Å². The van der Waals surface area contributed by atoms with E-state index in [4.69, 9.17) is 10.00 Å². The Hall–Kier alpha value is -1.20. The SMILES string of the molecule is N#Cc1cc(F)c2c(c1)c(I)nn2C1CCCCO1. The van der Waals surface area contributed by atoms with Gasteiger partial charge in [0.15, 0.2) is 12.0 Å². The van der Waals surface area contributed by atoms with Gasteiger partial charge in [0.05, 0.1) is 11.6 Å². The number of hydrogen-bond donors (Lipinski definition) is 0. The van der Waals surface area contributed by atoms with Crippen molar-refractivity contribution in [3.05, 3.63) is 27.2 Å². The first-order valence-electron chi connectivity index (χ1n) is 6.09. The number of halogens is 2. The van der Waals surface area contributed by atoms with Crippen molar-refractivity contribution < 1.29 is 9.13 Å². The van der Waals surface area contributed by atoms with Crippen LogP contribution in [0.4, 0.5) is 4.39 Å². The van der Waals surface area contributed by atoms with Crippen LogP contribution in [0.25, 0.3) is 10.9 Å². The van der Waals surface area contributed by atoms with Crippen LogP contribution in [0.15, 0.2) is 12.1 Å². The summed E-state index contributed by atoms with van der Waals surface area (Å²) in [7, 11) is 0. The molecule has 4 nitrogen and oxygen atoms in total. The predicted molar refractivity (Wildman–Crippen MR) is 76.0 cm³/mol. The van der Waals surface area contributed by atoms with E-state index in [0.717, 1.165) is 19.3 Å². The molecule has 0 aliphatic carbocycles. The summed E-state index contributed by atoms with van der Waals surface area (Å²) in [6.07, 6.45) is 2.72. The zero-order chi connectivity index (χ0) is 13.4. The fourth-order valence-electron chi connectivity index (χ4n) is 2.38. The van der Waals surface area contributed by atoms with Crippen molar-refractivity contribution in [1.29, 1.82) is 5.26 Å². The molecule has 1 aromatic heterocycles. The molecule has 2 aromatic rings. The second kappa shape index (κ2) is 5.06. The summed E-state index contributed by atoms with van der Waals surface area (Å²) in [5.74, 6) is -0.418. The van der Waals surface area contributed by atoms with Crippen LogP contribution >= 0.6 is 22.6 Å². The lowest BCUT2D eigenvalue weighted by atomic mass is 10.1. The van der Waals surface area contributed by atoms with Gasteiger partial charge in [-0.3, -0.25) is 0 Å². The van der Waals surface area contributed by atoms with Crippen molar-refractivity contribution in [1.82, 2.24) is 9.78 Å². The smallest absolute Gasteiger partial charge is 0.151 e. The standard InChI is InChI=1S/C13H11FIN3O/c14-10-6-8(7-16)5-9-12(10)18(17-13(9)15)11-3-1-2-4-19-11/h5-6,11H,1-4H2. The third-order valence-corrected chi connectivity index (χ3v) is 4.06. The van der Waals surface area contributed by atoms with Crippen molar-refractivity contribution in [2.24, 2.45) is 0 Å². The summed E-state index contributed by atoms with van der Waals surface area (Å²) in [4.78, 5) is 0. The minimum atomic E-state index is -0.418. The maximum Gasteiger partial charge on any atom is 0.151 e. The van der Waals surface area contributed by atoms with Gasteiger partial charge in [0.2, 0.25) is 0 Å². The molecule has 1 aliphatic heterocycles. The van der Waals surface area contributed by atoms with E-state index in [0.29, 0.717) is 26.8 Å². The number of hydrogen-bond acceptors (Lipinski definition) is 3. The van der Waals surface area contributed by atoms with Crippen LogP contribution in [0.5, 0.6) is 0 Å². The summed E-state index contributed by atoms with van der Waals surface area (Å²) in [6, 6.07) is 4.89. The Bertz CT molecular complexity index is 671. The van der Waals surface area contributed by atoms with Gasteiger partial charge in [-0.2, -0.15) is 10.4 Å². The number of fused-ring (bicyclic) bond motifs is 1. The molecular formula is C13H11FIN3O. The Labute approximate surface area is 123 Å². The zero-order valence-electron chi connectivity index (χ0n) is 10.1. The molecule has 2 heterocycles. The molecule has 1 atom stereocenters. The molecule has 1 unspecified atom stereocenters. The van der Waals surface area contributed by atoms with Gasteiger partial charge in [-0.05, 0) is 54.0 Å². The average molecular weight is 371 g/mol. The highest BCUT2D eigenvalue weighted by molar-refractivity contribution is 14.1. The molecule has 0 spiro atoms. The summed E-state index contributed by atoms with van der Waals surface area (Å²) >= 11 is 2.06. The minimum absolute atomic E-state index is 0.206. The number of benzene rings is 1. The molecule has 98 valence electrons. The maximum atomic E-state index is 14.2. The van der Waals surface area contributed by atoms with Gasteiger partial charge >= 0.3 is 0 Å². The average Bonchev–Trinajstić information content (AvgIpc) is 2.78. The van der Waals surface area contributed by atoms with E-state index >= 15 is 0 Å². The molecule has 1 aliphatic rings. The first-order chi connectivity index (χ1) is 9.20. The molecule has 1 saturated heterocycles. The molecule has 0 radical (unpaired) electrons. The molecule has 3 rings (SSSR count). The van der Waals surface area contributed by atoms with Crippen LogP contribution < -0.4 is 0 Å². The molecule has 0 amide bonds. The van der Waals surface area contributed by atoms with Crippen LogP contribution in [0.1, 0.15) is 31.1 Å². The molecule has 1 fully saturated rings. The molecule has 1 aromatic carbocycles. The topological polar surface area (TPSA) is 50.8 Å². The first kappa shape index (κ1) is 12.8. The Morgan fingerprint density at radius 3 is 3.00 bits per heavy atom. The van der Waals surface area contributed by atoms with Gasteiger partial charge in [-0.25, -0.2) is 9.07 Å². The van der Waals surface area contributed by atoms with Crippen LogP contribution in [-0.4, -0.2) is 16.4 Å². The van der Waals surface area contributed by atoms with Gasteiger partial charge in [-0.15, -0.1) is 0 Å². The fraction of sp³-hybridized carbons (Fsp3) is 0.385. The molecule has 6 heteroatoms. The van der Waals surface area contributed by atoms with Crippen molar-refractivity contribution in [3.63, 3.8) is 0 Å². The van der Waals surface area contributed by atoms with Crippen molar-refractivity contribution in [2.75, 3.05) is 6.61 Å². The third kappa shape index (κ3) is 2.21. The Morgan fingerprint density at radius 1 is 1.47 bits per heavy atom. The summed E-state index contributed by atoms with van der Waals surface area (Å²) in [5.41, 5.74) is 0.738. The van der Waals surface area contributed by atoms with Crippen LogP contribution in [0.2, 0.25) is 0 Å². The molecular weight excluding hydrogens is 360 g/mol. The molecule has 0 saturated carbocycles. The third-order valence-electron chi connectivity index (χ3n) is 3.27. The lowest BCUT2D eigenvalue weighted by Gasteiger charge is -2.23. The van der Waals surface area contributed by atoms with Gasteiger partial charge in [0.1, 0.15) is 9.22 Å².